The van der Waals surface area contributed by atoms with Crippen molar-refractivity contribution in [2.75, 3.05) is 0 Å². The van der Waals surface area contributed by atoms with Crippen LogP contribution in [0.1, 0.15) is 52.8 Å². The van der Waals surface area contributed by atoms with Gasteiger partial charge in [0.2, 0.25) is 0 Å². The number of rotatable bonds is 4. The second-order valence-electron chi connectivity index (χ2n) is 14.8. The van der Waals surface area contributed by atoms with E-state index in [9.17, 15) is 0 Å². The van der Waals surface area contributed by atoms with Gasteiger partial charge < -0.3 is 4.74 Å². The molecule has 0 saturated heterocycles. The van der Waals surface area contributed by atoms with Gasteiger partial charge in [0.25, 0.3) is 0 Å². The Morgan fingerprint density at radius 1 is 0.451 bits per heavy atom. The summed E-state index contributed by atoms with van der Waals surface area (Å²) in [5.74, 6) is 2.04. The second kappa shape index (κ2) is 11.0. The van der Waals surface area contributed by atoms with Gasteiger partial charge in [0.1, 0.15) is 11.5 Å². The van der Waals surface area contributed by atoms with E-state index in [4.69, 9.17) is 4.74 Å². The van der Waals surface area contributed by atoms with E-state index in [1.54, 1.807) is 0 Å². The van der Waals surface area contributed by atoms with Crippen LogP contribution in [0.2, 0.25) is 0 Å². The van der Waals surface area contributed by atoms with E-state index in [0.717, 1.165) is 11.5 Å². The molecule has 3 aliphatic rings. The lowest BCUT2D eigenvalue weighted by Gasteiger charge is -2.42. The maximum Gasteiger partial charge on any atom is 0.131 e. The first-order valence-corrected chi connectivity index (χ1v) is 18.0. The molecule has 2 aliphatic carbocycles. The van der Waals surface area contributed by atoms with E-state index >= 15 is 0 Å². The molecule has 0 N–H and O–H groups in total. The highest BCUT2D eigenvalue weighted by Crippen LogP contribution is 2.62. The van der Waals surface area contributed by atoms with Crippen LogP contribution in [0.25, 0.3) is 21.9 Å². The molecule has 10 rings (SSSR count). The Morgan fingerprint density at radius 3 is 1.78 bits per heavy atom. The maximum atomic E-state index is 6.55. The molecule has 0 fully saturated rings. The number of fused-ring (bicyclic) bond motifs is 6. The normalized spacial score (nSPS) is 23.9. The Morgan fingerprint density at radius 2 is 1.04 bits per heavy atom. The van der Waals surface area contributed by atoms with E-state index in [2.05, 4.69) is 202 Å². The highest BCUT2D eigenvalue weighted by molar-refractivity contribution is 5.87. The fourth-order valence-corrected chi connectivity index (χ4v) is 9.73. The summed E-state index contributed by atoms with van der Waals surface area (Å²) in [7, 11) is 0. The molecule has 1 heteroatoms. The summed E-state index contributed by atoms with van der Waals surface area (Å²) < 4.78 is 6.55. The van der Waals surface area contributed by atoms with Crippen molar-refractivity contribution >= 4 is 10.8 Å². The van der Waals surface area contributed by atoms with E-state index in [-0.39, 0.29) is 22.2 Å². The molecule has 0 amide bonds. The standard InChI is InChI=1S/C50H38O/c1-48-30-14-13-23-47(48)50(39-19-7-4-8-20-39,43-32-36-16-10-9-15-35(36)31-42(43)48)40-27-24-34(25-28-40)37-26-29-46-44(33-37)49(2,38-17-5-3-6-18-38)41-21-11-12-22-45(41)51-46/h3-33,47H,1-2H3. The molecule has 4 atom stereocenters. The maximum absolute atomic E-state index is 6.55. The van der Waals surface area contributed by atoms with Crippen molar-refractivity contribution in [1.82, 2.24) is 0 Å². The number of hydrogen-bond donors (Lipinski definition) is 0. The number of allylic oxidation sites excluding steroid dienone is 4. The van der Waals surface area contributed by atoms with Gasteiger partial charge in [-0.3, -0.25) is 0 Å². The zero-order chi connectivity index (χ0) is 34.2. The quantitative estimate of drug-likeness (QED) is 0.184. The van der Waals surface area contributed by atoms with Gasteiger partial charge in [0.05, 0.1) is 5.41 Å². The first kappa shape index (κ1) is 29.9. The number of para-hydroxylation sites is 1. The largest absolute Gasteiger partial charge is 0.457 e. The molecule has 1 heterocycles. The van der Waals surface area contributed by atoms with Gasteiger partial charge >= 0.3 is 0 Å². The third-order valence-corrected chi connectivity index (χ3v) is 12.3. The molecule has 7 aromatic rings. The average Bonchev–Trinajstić information content (AvgIpc) is 3.42. The number of benzene rings is 7. The molecular formula is C50H38O. The summed E-state index contributed by atoms with van der Waals surface area (Å²) in [6.45, 7) is 4.77. The van der Waals surface area contributed by atoms with Crippen LogP contribution in [0.5, 0.6) is 11.5 Å². The predicted octanol–water partition coefficient (Wildman–Crippen LogP) is 12.3. The van der Waals surface area contributed by atoms with Crippen molar-refractivity contribution in [3.05, 3.63) is 227 Å². The summed E-state index contributed by atoms with van der Waals surface area (Å²) in [5, 5.41) is 2.57. The van der Waals surface area contributed by atoms with E-state index in [0.29, 0.717) is 0 Å². The summed E-state index contributed by atoms with van der Waals surface area (Å²) in [5.41, 5.74) is 10.6. The van der Waals surface area contributed by atoms with Crippen LogP contribution < -0.4 is 4.74 Å². The van der Waals surface area contributed by atoms with Gasteiger partial charge in [-0.15, -0.1) is 0 Å². The number of ether oxygens (including phenoxy) is 1. The minimum atomic E-state index is -0.367. The minimum absolute atomic E-state index is 0.153. The molecule has 0 bridgehead atoms. The predicted molar refractivity (Wildman–Crippen MR) is 210 cm³/mol. The van der Waals surface area contributed by atoms with E-state index in [1.165, 1.54) is 60.8 Å². The van der Waals surface area contributed by atoms with Crippen LogP contribution in [0.15, 0.2) is 188 Å². The van der Waals surface area contributed by atoms with Crippen LogP contribution in [-0.4, -0.2) is 0 Å². The summed E-state index contributed by atoms with van der Waals surface area (Å²) >= 11 is 0. The fraction of sp³-hybridized carbons (Fsp3) is 0.120. The Kier molecular flexibility index (Phi) is 6.48. The summed E-state index contributed by atoms with van der Waals surface area (Å²) in [6, 6.07) is 60.4. The highest BCUT2D eigenvalue weighted by atomic mass is 16.5. The van der Waals surface area contributed by atoms with E-state index < -0.39 is 0 Å². The van der Waals surface area contributed by atoms with Gasteiger partial charge in [-0.2, -0.15) is 0 Å². The van der Waals surface area contributed by atoms with Crippen molar-refractivity contribution < 1.29 is 4.74 Å². The van der Waals surface area contributed by atoms with Crippen molar-refractivity contribution in [1.29, 1.82) is 0 Å². The van der Waals surface area contributed by atoms with Crippen molar-refractivity contribution in [2.24, 2.45) is 5.92 Å². The Labute approximate surface area is 300 Å². The molecule has 0 radical (unpaired) electrons. The fourth-order valence-electron chi connectivity index (χ4n) is 9.73. The minimum Gasteiger partial charge on any atom is -0.457 e. The van der Waals surface area contributed by atoms with Gasteiger partial charge in [-0.1, -0.05) is 165 Å². The monoisotopic (exact) mass is 654 g/mol. The summed E-state index contributed by atoms with van der Waals surface area (Å²) in [6.07, 6.45) is 9.38. The van der Waals surface area contributed by atoms with Gasteiger partial charge in [-0.05, 0) is 87.0 Å². The molecule has 7 aromatic carbocycles. The molecule has 0 saturated carbocycles. The van der Waals surface area contributed by atoms with Crippen LogP contribution in [0, 0.1) is 5.92 Å². The lowest BCUT2D eigenvalue weighted by molar-refractivity contribution is 0.367. The molecule has 244 valence electrons. The smallest absolute Gasteiger partial charge is 0.131 e. The lowest BCUT2D eigenvalue weighted by Crippen LogP contribution is -2.40. The Hall–Kier alpha value is -5.92. The Bertz CT molecular complexity index is 2530. The third kappa shape index (κ3) is 4.15. The van der Waals surface area contributed by atoms with Crippen LogP contribution >= 0.6 is 0 Å². The molecule has 4 unspecified atom stereocenters. The van der Waals surface area contributed by atoms with Crippen LogP contribution in [0.4, 0.5) is 0 Å². The molecule has 51 heavy (non-hydrogen) atoms. The topological polar surface area (TPSA) is 9.23 Å². The molecule has 0 spiro atoms. The molecule has 0 aromatic heterocycles. The van der Waals surface area contributed by atoms with Crippen molar-refractivity contribution in [3.8, 4) is 22.6 Å². The first-order valence-electron chi connectivity index (χ1n) is 18.0. The van der Waals surface area contributed by atoms with Gasteiger partial charge in [0.15, 0.2) is 0 Å². The zero-order valence-corrected chi connectivity index (χ0v) is 28.9. The SMILES string of the molecule is CC1(c2ccccc2)c2ccccc2Oc2ccc(-c3ccc(C4(c5ccccc5)c5cc6ccccc6cc5C5(C)C=CC=CC54)cc3)cc21. The van der Waals surface area contributed by atoms with Crippen LogP contribution in [0.3, 0.4) is 0 Å². The molecule has 1 nitrogen and oxygen atoms in total. The van der Waals surface area contributed by atoms with E-state index in [1.807, 2.05) is 0 Å². The van der Waals surface area contributed by atoms with Crippen molar-refractivity contribution in [3.63, 3.8) is 0 Å². The highest BCUT2D eigenvalue weighted by Gasteiger charge is 2.58. The van der Waals surface area contributed by atoms with Crippen LogP contribution in [-0.2, 0) is 16.2 Å². The lowest BCUT2D eigenvalue weighted by atomic mass is 9.60. The third-order valence-electron chi connectivity index (χ3n) is 12.3. The first-order chi connectivity index (χ1) is 25.0. The number of hydrogen-bond acceptors (Lipinski definition) is 1. The average molecular weight is 655 g/mol. The zero-order valence-electron chi connectivity index (χ0n) is 28.9. The van der Waals surface area contributed by atoms with Gasteiger partial charge in [-0.25, -0.2) is 0 Å². The second-order valence-corrected chi connectivity index (χ2v) is 14.8. The van der Waals surface area contributed by atoms with Crippen molar-refractivity contribution in [2.45, 2.75) is 30.1 Å². The molecular weight excluding hydrogens is 617 g/mol. The summed E-state index contributed by atoms with van der Waals surface area (Å²) in [4.78, 5) is 0. The molecule has 1 aliphatic heterocycles. The Balaban J connectivity index is 1.15. The van der Waals surface area contributed by atoms with Gasteiger partial charge in [0, 0.05) is 27.9 Å².